The highest BCUT2D eigenvalue weighted by Gasteiger charge is 2.08. The van der Waals surface area contributed by atoms with Crippen molar-refractivity contribution >= 4 is 0 Å². The maximum atomic E-state index is 5.43. The fraction of sp³-hybridized carbons (Fsp3) is 0.700. The van der Waals surface area contributed by atoms with E-state index in [0.29, 0.717) is 6.61 Å². The lowest BCUT2D eigenvalue weighted by molar-refractivity contribution is 0.120. The number of nitrogens with one attached hydrogen (secondary N) is 1. The molecule has 0 amide bonds. The minimum atomic E-state index is 0.196. The number of aryl methyl sites for hydroxylation is 2. The highest BCUT2D eigenvalue weighted by Crippen LogP contribution is 2.02. The first-order valence-corrected chi connectivity index (χ1v) is 5.28. The molecular weight excluding hydrogens is 192 g/mol. The number of hydrogen-bond donors (Lipinski definition) is 2. The van der Waals surface area contributed by atoms with Crippen LogP contribution in [-0.2, 0) is 18.2 Å². The van der Waals surface area contributed by atoms with Crippen molar-refractivity contribution in [2.24, 2.45) is 12.9 Å². The van der Waals surface area contributed by atoms with Gasteiger partial charge in [-0.3, -0.25) is 11.3 Å². The van der Waals surface area contributed by atoms with Crippen LogP contribution in [0.25, 0.3) is 0 Å². The van der Waals surface area contributed by atoms with Gasteiger partial charge in [0.2, 0.25) is 0 Å². The molecule has 0 saturated carbocycles. The monoisotopic (exact) mass is 212 g/mol. The van der Waals surface area contributed by atoms with Crippen molar-refractivity contribution in [1.29, 1.82) is 0 Å². The normalized spacial score (nSPS) is 13.0. The summed E-state index contributed by atoms with van der Waals surface area (Å²) in [4.78, 5) is 4.26. The molecule has 0 saturated heterocycles. The van der Waals surface area contributed by atoms with Gasteiger partial charge in [-0.2, -0.15) is 0 Å². The zero-order chi connectivity index (χ0) is 11.1. The van der Waals surface area contributed by atoms with E-state index < -0.39 is 0 Å². The Bertz CT molecular complexity index is 274. The summed E-state index contributed by atoms with van der Waals surface area (Å²) in [5.74, 6) is 6.51. The Kier molecular flexibility index (Phi) is 5.31. The average molecular weight is 212 g/mol. The second kappa shape index (κ2) is 6.55. The van der Waals surface area contributed by atoms with Crippen molar-refractivity contribution in [2.45, 2.75) is 25.8 Å². The smallest absolute Gasteiger partial charge is 0.108 e. The molecular formula is C10H20N4O. The Morgan fingerprint density at radius 2 is 2.47 bits per heavy atom. The Balaban J connectivity index is 2.31. The van der Waals surface area contributed by atoms with E-state index >= 15 is 0 Å². The van der Waals surface area contributed by atoms with Crippen molar-refractivity contribution in [3.05, 3.63) is 18.2 Å². The van der Waals surface area contributed by atoms with Crippen molar-refractivity contribution in [2.75, 3.05) is 13.2 Å². The Morgan fingerprint density at radius 1 is 1.67 bits per heavy atom. The first-order valence-electron chi connectivity index (χ1n) is 5.28. The van der Waals surface area contributed by atoms with Crippen molar-refractivity contribution in [3.63, 3.8) is 0 Å². The van der Waals surface area contributed by atoms with E-state index in [1.54, 1.807) is 0 Å². The van der Waals surface area contributed by atoms with Crippen LogP contribution in [0.2, 0.25) is 0 Å². The quantitative estimate of drug-likeness (QED) is 0.501. The van der Waals surface area contributed by atoms with Gasteiger partial charge in [-0.1, -0.05) is 0 Å². The molecule has 0 bridgehead atoms. The van der Waals surface area contributed by atoms with Crippen LogP contribution < -0.4 is 11.3 Å². The van der Waals surface area contributed by atoms with Gasteiger partial charge in [0.1, 0.15) is 5.82 Å². The second-order valence-electron chi connectivity index (χ2n) is 3.52. The SMILES string of the molecule is CCOCC(CCc1nccn1C)NN. The molecule has 0 aliphatic rings. The molecule has 15 heavy (non-hydrogen) atoms. The Labute approximate surface area is 90.6 Å². The highest BCUT2D eigenvalue weighted by atomic mass is 16.5. The van der Waals surface area contributed by atoms with Gasteiger partial charge in [0, 0.05) is 38.5 Å². The lowest BCUT2D eigenvalue weighted by atomic mass is 10.1. The molecule has 0 spiro atoms. The van der Waals surface area contributed by atoms with Crippen LogP contribution in [0.1, 0.15) is 19.2 Å². The van der Waals surface area contributed by atoms with E-state index in [9.17, 15) is 0 Å². The predicted octanol–water partition coefficient (Wildman–Crippen LogP) is 0.221. The maximum Gasteiger partial charge on any atom is 0.108 e. The van der Waals surface area contributed by atoms with Gasteiger partial charge in [0.15, 0.2) is 0 Å². The third kappa shape index (κ3) is 3.99. The van der Waals surface area contributed by atoms with E-state index in [1.165, 1.54) is 0 Å². The molecule has 0 fully saturated rings. The number of nitrogens with two attached hydrogens (primary N) is 1. The molecule has 1 aromatic heterocycles. The summed E-state index contributed by atoms with van der Waals surface area (Å²) in [6.45, 7) is 3.35. The van der Waals surface area contributed by atoms with Gasteiger partial charge >= 0.3 is 0 Å². The van der Waals surface area contributed by atoms with Crippen molar-refractivity contribution in [3.8, 4) is 0 Å². The van der Waals surface area contributed by atoms with Gasteiger partial charge in [0.25, 0.3) is 0 Å². The molecule has 0 radical (unpaired) electrons. The highest BCUT2D eigenvalue weighted by molar-refractivity contribution is 4.91. The van der Waals surface area contributed by atoms with Crippen LogP contribution in [0.3, 0.4) is 0 Å². The van der Waals surface area contributed by atoms with Crippen LogP contribution in [0.15, 0.2) is 12.4 Å². The lowest BCUT2D eigenvalue weighted by Crippen LogP contribution is -2.39. The number of ether oxygens (including phenoxy) is 1. The summed E-state index contributed by atoms with van der Waals surface area (Å²) < 4.78 is 7.34. The molecule has 0 aliphatic heterocycles. The van der Waals surface area contributed by atoms with E-state index in [-0.39, 0.29) is 6.04 Å². The minimum Gasteiger partial charge on any atom is -0.380 e. The number of hydrogen-bond acceptors (Lipinski definition) is 4. The zero-order valence-corrected chi connectivity index (χ0v) is 9.44. The van der Waals surface area contributed by atoms with Gasteiger partial charge < -0.3 is 9.30 Å². The van der Waals surface area contributed by atoms with Crippen LogP contribution in [0.4, 0.5) is 0 Å². The molecule has 0 aliphatic carbocycles. The van der Waals surface area contributed by atoms with Gasteiger partial charge in [-0.15, -0.1) is 0 Å². The van der Waals surface area contributed by atoms with E-state index in [1.807, 2.05) is 30.9 Å². The van der Waals surface area contributed by atoms with Crippen LogP contribution in [-0.4, -0.2) is 28.8 Å². The molecule has 1 heterocycles. The van der Waals surface area contributed by atoms with E-state index in [0.717, 1.165) is 25.3 Å². The Morgan fingerprint density at radius 3 is 3.00 bits per heavy atom. The summed E-state index contributed by atoms with van der Waals surface area (Å²) in [7, 11) is 2.00. The summed E-state index contributed by atoms with van der Waals surface area (Å²) in [6, 6.07) is 0.196. The molecule has 1 rings (SSSR count). The van der Waals surface area contributed by atoms with Gasteiger partial charge in [-0.25, -0.2) is 4.98 Å². The van der Waals surface area contributed by atoms with Crippen LogP contribution >= 0.6 is 0 Å². The first kappa shape index (κ1) is 12.2. The third-order valence-electron chi connectivity index (χ3n) is 2.40. The van der Waals surface area contributed by atoms with Crippen molar-refractivity contribution in [1.82, 2.24) is 15.0 Å². The topological polar surface area (TPSA) is 65.1 Å². The number of imidazole rings is 1. The summed E-state index contributed by atoms with van der Waals surface area (Å²) in [5.41, 5.74) is 2.76. The molecule has 86 valence electrons. The molecule has 5 heteroatoms. The first-order chi connectivity index (χ1) is 7.27. The molecule has 1 atom stereocenters. The second-order valence-corrected chi connectivity index (χ2v) is 3.52. The molecule has 3 N–H and O–H groups in total. The summed E-state index contributed by atoms with van der Waals surface area (Å²) in [6.07, 6.45) is 5.60. The van der Waals surface area contributed by atoms with E-state index in [2.05, 4.69) is 10.4 Å². The maximum absolute atomic E-state index is 5.43. The van der Waals surface area contributed by atoms with Crippen LogP contribution in [0, 0.1) is 0 Å². The predicted molar refractivity (Wildman–Crippen MR) is 59.1 cm³/mol. The summed E-state index contributed by atoms with van der Waals surface area (Å²) >= 11 is 0. The number of hydrazine groups is 1. The molecule has 0 aromatic carbocycles. The zero-order valence-electron chi connectivity index (χ0n) is 9.44. The number of nitrogens with zero attached hydrogens (tertiary/aromatic N) is 2. The number of aromatic nitrogens is 2. The largest absolute Gasteiger partial charge is 0.380 e. The number of rotatable bonds is 7. The molecule has 5 nitrogen and oxygen atoms in total. The Hall–Kier alpha value is -0.910. The van der Waals surface area contributed by atoms with Crippen LogP contribution in [0.5, 0.6) is 0 Å². The van der Waals surface area contributed by atoms with Gasteiger partial charge in [-0.05, 0) is 13.3 Å². The third-order valence-corrected chi connectivity index (χ3v) is 2.40. The summed E-state index contributed by atoms with van der Waals surface area (Å²) in [5, 5.41) is 0. The van der Waals surface area contributed by atoms with Gasteiger partial charge in [0.05, 0.1) is 6.61 Å². The van der Waals surface area contributed by atoms with Crippen molar-refractivity contribution < 1.29 is 4.74 Å². The fourth-order valence-electron chi connectivity index (χ4n) is 1.42. The van der Waals surface area contributed by atoms with E-state index in [4.69, 9.17) is 10.6 Å². The standard InChI is InChI=1S/C10H20N4O/c1-3-15-8-9(13-11)4-5-10-12-6-7-14(10)2/h6-7,9,13H,3-5,8,11H2,1-2H3. The molecule has 1 aromatic rings. The average Bonchev–Trinajstić information content (AvgIpc) is 2.65. The fourth-order valence-corrected chi connectivity index (χ4v) is 1.42. The lowest BCUT2D eigenvalue weighted by Gasteiger charge is -2.15. The molecule has 1 unspecified atom stereocenters. The minimum absolute atomic E-state index is 0.196.